The van der Waals surface area contributed by atoms with Gasteiger partial charge in [0.05, 0.1) is 6.04 Å². The minimum atomic E-state index is -0.811. The van der Waals surface area contributed by atoms with E-state index in [-0.39, 0.29) is 24.2 Å². The minimum absolute atomic E-state index is 0.0472. The summed E-state index contributed by atoms with van der Waals surface area (Å²) >= 11 is 1.63. The Bertz CT molecular complexity index is 461. The first-order chi connectivity index (χ1) is 9.00. The number of nitrogens with zero attached hydrogens (tertiary/aromatic N) is 1. The van der Waals surface area contributed by atoms with Crippen molar-refractivity contribution in [3.63, 3.8) is 0 Å². The summed E-state index contributed by atoms with van der Waals surface area (Å²) in [7, 11) is -0.811. The predicted molar refractivity (Wildman–Crippen MR) is 79.5 cm³/mol. The summed E-state index contributed by atoms with van der Waals surface area (Å²) in [6.07, 6.45) is 2.42. The van der Waals surface area contributed by atoms with Gasteiger partial charge in [-0.15, -0.1) is 0 Å². The molecule has 0 aliphatic carbocycles. The summed E-state index contributed by atoms with van der Waals surface area (Å²) in [6, 6.07) is 1.99. The fraction of sp³-hybridized carbons (Fsp3) is 0.615. The van der Waals surface area contributed by atoms with Gasteiger partial charge in [0.1, 0.15) is 6.17 Å². The summed E-state index contributed by atoms with van der Waals surface area (Å²) in [5.74, 6) is 0.765. The third-order valence-electron chi connectivity index (χ3n) is 3.47. The van der Waals surface area contributed by atoms with E-state index in [1.807, 2.05) is 30.2 Å². The summed E-state index contributed by atoms with van der Waals surface area (Å²) in [6.45, 7) is 3.93. The highest BCUT2D eigenvalue weighted by molar-refractivity contribution is 7.84. The number of carbonyl (C=O) groups excluding carboxylic acids is 1. The van der Waals surface area contributed by atoms with Crippen LogP contribution < -0.4 is 5.32 Å². The van der Waals surface area contributed by atoms with Crippen molar-refractivity contribution in [3.8, 4) is 0 Å². The van der Waals surface area contributed by atoms with Crippen LogP contribution in [0.2, 0.25) is 0 Å². The highest BCUT2D eigenvalue weighted by atomic mass is 32.2. The molecule has 1 aromatic rings. The normalized spacial score (nSPS) is 26.7. The highest BCUT2D eigenvalue weighted by Crippen LogP contribution is 2.29. The van der Waals surface area contributed by atoms with Gasteiger partial charge in [-0.05, 0) is 42.7 Å². The molecule has 1 amide bonds. The molecule has 19 heavy (non-hydrogen) atoms. The molecule has 4 nitrogen and oxygen atoms in total. The van der Waals surface area contributed by atoms with Crippen LogP contribution in [0.15, 0.2) is 16.8 Å². The second-order valence-corrected chi connectivity index (χ2v) is 7.34. The summed E-state index contributed by atoms with van der Waals surface area (Å²) < 4.78 is 11.2. The molecule has 2 rings (SSSR count). The van der Waals surface area contributed by atoms with Gasteiger partial charge in [-0.3, -0.25) is 14.3 Å². The summed E-state index contributed by atoms with van der Waals surface area (Å²) in [4.78, 5) is 14.2. The molecule has 1 fully saturated rings. The van der Waals surface area contributed by atoms with Crippen molar-refractivity contribution in [1.29, 1.82) is 0 Å². The van der Waals surface area contributed by atoms with E-state index in [4.69, 9.17) is 0 Å². The molecule has 1 aliphatic rings. The third kappa shape index (κ3) is 3.24. The fourth-order valence-corrected chi connectivity index (χ4v) is 3.73. The van der Waals surface area contributed by atoms with E-state index in [2.05, 4.69) is 10.7 Å². The molecule has 1 N–H and O–H groups in total. The van der Waals surface area contributed by atoms with Crippen LogP contribution in [0.5, 0.6) is 0 Å². The first-order valence-electron chi connectivity index (χ1n) is 6.41. The summed E-state index contributed by atoms with van der Waals surface area (Å²) in [5.41, 5.74) is 1.13. The maximum atomic E-state index is 12.3. The average molecular weight is 300 g/mol. The Hall–Kier alpha value is -0.720. The van der Waals surface area contributed by atoms with Crippen molar-refractivity contribution in [2.75, 3.05) is 12.0 Å². The van der Waals surface area contributed by atoms with Gasteiger partial charge in [0.15, 0.2) is 0 Å². The van der Waals surface area contributed by atoms with Gasteiger partial charge in [-0.2, -0.15) is 11.3 Å². The Morgan fingerprint density at radius 3 is 2.89 bits per heavy atom. The lowest BCUT2D eigenvalue weighted by atomic mass is 10.1. The molecule has 1 aromatic heterocycles. The van der Waals surface area contributed by atoms with E-state index in [9.17, 15) is 9.00 Å². The van der Waals surface area contributed by atoms with Crippen molar-refractivity contribution >= 4 is 28.0 Å². The monoisotopic (exact) mass is 300 g/mol. The van der Waals surface area contributed by atoms with Gasteiger partial charge < -0.3 is 4.90 Å². The number of amides is 1. The molecule has 0 spiro atoms. The van der Waals surface area contributed by atoms with Crippen molar-refractivity contribution < 1.29 is 9.00 Å². The zero-order valence-corrected chi connectivity index (χ0v) is 13.1. The Kier molecular flexibility index (Phi) is 4.76. The maximum Gasteiger partial charge on any atom is 0.241 e. The molecule has 0 aromatic carbocycles. The second-order valence-electron chi connectivity index (χ2n) is 5.01. The molecular formula is C13H20N2O2S2. The van der Waals surface area contributed by atoms with Crippen LogP contribution in [-0.4, -0.2) is 39.1 Å². The maximum absolute atomic E-state index is 12.3. The van der Waals surface area contributed by atoms with E-state index in [0.29, 0.717) is 5.75 Å². The molecule has 0 bridgehead atoms. The van der Waals surface area contributed by atoms with Gasteiger partial charge in [0.2, 0.25) is 5.91 Å². The third-order valence-corrected chi connectivity index (χ3v) is 4.98. The molecule has 0 saturated carbocycles. The average Bonchev–Trinajstić information content (AvgIpc) is 2.96. The first-order valence-corrected chi connectivity index (χ1v) is 9.08. The Labute approximate surface area is 120 Å². The fourth-order valence-electron chi connectivity index (χ4n) is 2.37. The van der Waals surface area contributed by atoms with Crippen LogP contribution in [0.3, 0.4) is 0 Å². The van der Waals surface area contributed by atoms with Crippen LogP contribution in [-0.2, 0) is 15.6 Å². The minimum Gasteiger partial charge on any atom is -0.319 e. The quantitative estimate of drug-likeness (QED) is 0.901. The zero-order chi connectivity index (χ0) is 14.0. The molecule has 106 valence electrons. The lowest BCUT2D eigenvalue weighted by Crippen LogP contribution is -2.38. The molecule has 4 atom stereocenters. The van der Waals surface area contributed by atoms with E-state index in [0.717, 1.165) is 12.0 Å². The number of hydrogen-bond donors (Lipinski definition) is 1. The zero-order valence-electron chi connectivity index (χ0n) is 11.5. The standard InChI is InChI=1S/C13H20N2O2S2/c1-9(5-7-19(3)17)15-12(11-4-6-18-8-11)14-10(2)13(15)16/h4,6,8-10,12,14H,5,7H2,1-3H3. The first kappa shape index (κ1) is 14.7. The van der Waals surface area contributed by atoms with Gasteiger partial charge in [-0.25, -0.2) is 0 Å². The van der Waals surface area contributed by atoms with Gasteiger partial charge in [0, 0.05) is 28.9 Å². The topological polar surface area (TPSA) is 49.4 Å². The second kappa shape index (κ2) is 6.15. The van der Waals surface area contributed by atoms with Crippen molar-refractivity contribution in [2.24, 2.45) is 0 Å². The SMILES string of the molecule is CC1NC(c2ccsc2)N(C(C)CCS(C)=O)C1=O. The highest BCUT2D eigenvalue weighted by Gasteiger charge is 2.39. The molecule has 2 heterocycles. The van der Waals surface area contributed by atoms with Crippen LogP contribution in [0.1, 0.15) is 32.0 Å². The molecule has 0 radical (unpaired) electrons. The van der Waals surface area contributed by atoms with Crippen molar-refractivity contribution in [1.82, 2.24) is 10.2 Å². The number of rotatable bonds is 5. The largest absolute Gasteiger partial charge is 0.319 e. The summed E-state index contributed by atoms with van der Waals surface area (Å²) in [5, 5.41) is 7.42. The van der Waals surface area contributed by atoms with Crippen LogP contribution in [0.4, 0.5) is 0 Å². The molecule has 6 heteroatoms. The molecule has 1 aliphatic heterocycles. The Morgan fingerprint density at radius 2 is 2.32 bits per heavy atom. The van der Waals surface area contributed by atoms with Crippen LogP contribution in [0.25, 0.3) is 0 Å². The predicted octanol–water partition coefficient (Wildman–Crippen LogP) is 1.72. The van der Waals surface area contributed by atoms with Crippen LogP contribution in [0, 0.1) is 0 Å². The number of carbonyl (C=O) groups is 1. The number of thiophene rings is 1. The molecule has 4 unspecified atom stereocenters. The van der Waals surface area contributed by atoms with Gasteiger partial charge >= 0.3 is 0 Å². The van der Waals surface area contributed by atoms with Gasteiger partial charge in [-0.1, -0.05) is 0 Å². The number of nitrogens with one attached hydrogen (secondary N) is 1. The van der Waals surface area contributed by atoms with Crippen molar-refractivity contribution in [2.45, 2.75) is 38.5 Å². The Balaban J connectivity index is 2.14. The lowest BCUT2D eigenvalue weighted by Gasteiger charge is -2.30. The van der Waals surface area contributed by atoms with E-state index >= 15 is 0 Å². The lowest BCUT2D eigenvalue weighted by molar-refractivity contribution is -0.131. The van der Waals surface area contributed by atoms with Crippen molar-refractivity contribution in [3.05, 3.63) is 22.4 Å². The number of hydrogen-bond acceptors (Lipinski definition) is 4. The van der Waals surface area contributed by atoms with E-state index in [1.165, 1.54) is 0 Å². The van der Waals surface area contributed by atoms with E-state index in [1.54, 1.807) is 17.6 Å². The molecule has 1 saturated heterocycles. The van der Waals surface area contributed by atoms with Crippen LogP contribution >= 0.6 is 11.3 Å². The molecular weight excluding hydrogens is 280 g/mol. The smallest absolute Gasteiger partial charge is 0.241 e. The van der Waals surface area contributed by atoms with E-state index < -0.39 is 10.8 Å². The van der Waals surface area contributed by atoms with Gasteiger partial charge in [0.25, 0.3) is 0 Å². The Morgan fingerprint density at radius 1 is 1.58 bits per heavy atom.